The molecule has 0 spiro atoms. The zero-order valence-electron chi connectivity index (χ0n) is 11.3. The van der Waals surface area contributed by atoms with Gasteiger partial charge in [-0.2, -0.15) is 0 Å². The number of nitrogens with zero attached hydrogens (tertiary/aromatic N) is 1. The van der Waals surface area contributed by atoms with Crippen LogP contribution in [0.5, 0.6) is 0 Å². The zero-order valence-corrected chi connectivity index (χ0v) is 11.3. The van der Waals surface area contributed by atoms with Crippen molar-refractivity contribution < 1.29 is 9.53 Å². The van der Waals surface area contributed by atoms with Crippen molar-refractivity contribution in [3.63, 3.8) is 0 Å². The molecular weight excluding hydrogens is 230 g/mol. The monoisotopic (exact) mass is 255 g/mol. The zero-order chi connectivity index (χ0) is 13.0. The van der Waals surface area contributed by atoms with Crippen LogP contribution in [0.1, 0.15) is 26.2 Å². The number of carbonyl (C=O) groups is 1. The number of nitrogens with two attached hydrogens (primary N) is 1. The van der Waals surface area contributed by atoms with Gasteiger partial charge in [-0.25, -0.2) is 0 Å². The Bertz CT molecular complexity index is 286. The van der Waals surface area contributed by atoms with Gasteiger partial charge in [-0.1, -0.05) is 6.92 Å². The van der Waals surface area contributed by atoms with Crippen molar-refractivity contribution in [1.29, 1.82) is 0 Å². The molecule has 0 radical (unpaired) electrons. The fourth-order valence-corrected chi connectivity index (χ4v) is 2.90. The SMILES string of the molecule is CCNC(CN1CCCOCC1)(C(N)=O)C1CC1. The molecule has 0 aromatic rings. The lowest BCUT2D eigenvalue weighted by atomic mass is 9.91. The molecule has 2 rings (SSSR count). The lowest BCUT2D eigenvalue weighted by Gasteiger charge is -2.36. The highest BCUT2D eigenvalue weighted by atomic mass is 16.5. The van der Waals surface area contributed by atoms with Gasteiger partial charge in [0, 0.05) is 26.2 Å². The van der Waals surface area contributed by atoms with Gasteiger partial charge in [-0.05, 0) is 31.7 Å². The van der Waals surface area contributed by atoms with Gasteiger partial charge in [0.25, 0.3) is 0 Å². The van der Waals surface area contributed by atoms with E-state index in [1.807, 2.05) is 6.92 Å². The van der Waals surface area contributed by atoms with Crippen LogP contribution in [0.25, 0.3) is 0 Å². The number of ether oxygens (including phenoxy) is 1. The van der Waals surface area contributed by atoms with Crippen LogP contribution in [0.4, 0.5) is 0 Å². The predicted molar refractivity (Wildman–Crippen MR) is 70.2 cm³/mol. The maximum Gasteiger partial charge on any atom is 0.239 e. The van der Waals surface area contributed by atoms with Crippen LogP contribution < -0.4 is 11.1 Å². The van der Waals surface area contributed by atoms with Crippen molar-refractivity contribution >= 4 is 5.91 Å². The van der Waals surface area contributed by atoms with Crippen molar-refractivity contribution in [3.8, 4) is 0 Å². The summed E-state index contributed by atoms with van der Waals surface area (Å²) in [5, 5.41) is 3.37. The number of likely N-dealkylation sites (N-methyl/N-ethyl adjacent to an activating group) is 1. The second kappa shape index (κ2) is 5.99. The number of carbonyl (C=O) groups excluding carboxylic acids is 1. The minimum atomic E-state index is -0.529. The molecule has 104 valence electrons. The lowest BCUT2D eigenvalue weighted by Crippen LogP contribution is -2.63. The molecule has 1 aliphatic carbocycles. The normalized spacial score (nSPS) is 25.4. The van der Waals surface area contributed by atoms with E-state index in [0.29, 0.717) is 5.92 Å². The van der Waals surface area contributed by atoms with Crippen molar-refractivity contribution in [2.24, 2.45) is 11.7 Å². The second-order valence-electron chi connectivity index (χ2n) is 5.38. The molecule has 0 aromatic heterocycles. The summed E-state index contributed by atoms with van der Waals surface area (Å²) < 4.78 is 5.46. The summed E-state index contributed by atoms with van der Waals surface area (Å²) in [6, 6.07) is 0. The average molecular weight is 255 g/mol. The molecule has 1 saturated carbocycles. The number of hydrogen-bond donors (Lipinski definition) is 2. The summed E-state index contributed by atoms with van der Waals surface area (Å²) in [4.78, 5) is 14.3. The molecule has 1 atom stereocenters. The van der Waals surface area contributed by atoms with Gasteiger partial charge in [0.05, 0.1) is 6.61 Å². The first-order valence-corrected chi connectivity index (χ1v) is 7.04. The topological polar surface area (TPSA) is 67.6 Å². The standard InChI is InChI=1S/C13H25N3O2/c1-2-15-13(12(14)17,11-4-5-11)10-16-6-3-8-18-9-7-16/h11,15H,2-10H2,1H3,(H2,14,17). The fourth-order valence-electron chi connectivity index (χ4n) is 2.90. The number of amides is 1. The molecule has 0 bridgehead atoms. The van der Waals surface area contributed by atoms with E-state index in [-0.39, 0.29) is 5.91 Å². The summed E-state index contributed by atoms with van der Waals surface area (Å²) >= 11 is 0. The van der Waals surface area contributed by atoms with Gasteiger partial charge in [0.1, 0.15) is 5.54 Å². The van der Waals surface area contributed by atoms with Crippen molar-refractivity contribution in [2.45, 2.75) is 31.7 Å². The van der Waals surface area contributed by atoms with Gasteiger partial charge >= 0.3 is 0 Å². The Balaban J connectivity index is 2.05. The van der Waals surface area contributed by atoms with Crippen LogP contribution in [0.3, 0.4) is 0 Å². The van der Waals surface area contributed by atoms with Crippen LogP contribution in [0.15, 0.2) is 0 Å². The molecule has 2 fully saturated rings. The molecule has 2 aliphatic rings. The first-order valence-electron chi connectivity index (χ1n) is 7.04. The van der Waals surface area contributed by atoms with E-state index in [0.717, 1.165) is 58.7 Å². The molecule has 3 N–H and O–H groups in total. The molecule has 1 saturated heterocycles. The Morgan fingerprint density at radius 3 is 2.83 bits per heavy atom. The first kappa shape index (κ1) is 13.8. The third-order valence-electron chi connectivity index (χ3n) is 3.99. The quantitative estimate of drug-likeness (QED) is 0.698. The van der Waals surface area contributed by atoms with Crippen LogP contribution in [-0.4, -0.2) is 55.7 Å². The van der Waals surface area contributed by atoms with E-state index in [1.165, 1.54) is 0 Å². The number of rotatable bonds is 6. The first-order chi connectivity index (χ1) is 8.69. The highest BCUT2D eigenvalue weighted by Crippen LogP contribution is 2.40. The highest BCUT2D eigenvalue weighted by molar-refractivity contribution is 5.86. The van der Waals surface area contributed by atoms with Crippen LogP contribution in [-0.2, 0) is 9.53 Å². The largest absolute Gasteiger partial charge is 0.380 e. The lowest BCUT2D eigenvalue weighted by molar-refractivity contribution is -0.126. The van der Waals surface area contributed by atoms with E-state index < -0.39 is 5.54 Å². The summed E-state index contributed by atoms with van der Waals surface area (Å²) in [5.41, 5.74) is 5.17. The van der Waals surface area contributed by atoms with E-state index >= 15 is 0 Å². The second-order valence-corrected chi connectivity index (χ2v) is 5.38. The van der Waals surface area contributed by atoms with Gasteiger partial charge in [-0.15, -0.1) is 0 Å². The summed E-state index contributed by atoms with van der Waals surface area (Å²) in [5.74, 6) is 0.219. The Morgan fingerprint density at radius 1 is 1.44 bits per heavy atom. The van der Waals surface area contributed by atoms with E-state index in [1.54, 1.807) is 0 Å². The molecular formula is C13H25N3O2. The molecule has 1 amide bonds. The minimum absolute atomic E-state index is 0.197. The van der Waals surface area contributed by atoms with Gasteiger partial charge < -0.3 is 15.8 Å². The molecule has 1 unspecified atom stereocenters. The Labute approximate surface area is 109 Å². The maximum absolute atomic E-state index is 12.0. The van der Waals surface area contributed by atoms with Crippen molar-refractivity contribution in [2.75, 3.05) is 39.4 Å². The highest BCUT2D eigenvalue weighted by Gasteiger charge is 2.50. The smallest absolute Gasteiger partial charge is 0.239 e. The predicted octanol–water partition coefficient (Wildman–Crippen LogP) is -0.0477. The van der Waals surface area contributed by atoms with Crippen LogP contribution in [0, 0.1) is 5.92 Å². The molecule has 5 nitrogen and oxygen atoms in total. The summed E-state index contributed by atoms with van der Waals surface area (Å²) in [6.45, 7) is 7.01. The Kier molecular flexibility index (Phi) is 4.59. The number of nitrogens with one attached hydrogen (secondary N) is 1. The average Bonchev–Trinajstić information content (AvgIpc) is 3.16. The molecule has 5 heteroatoms. The third-order valence-corrected chi connectivity index (χ3v) is 3.99. The maximum atomic E-state index is 12.0. The fraction of sp³-hybridized carbons (Fsp3) is 0.923. The summed E-state index contributed by atoms with van der Waals surface area (Å²) in [6.07, 6.45) is 3.26. The van der Waals surface area contributed by atoms with Gasteiger partial charge in [-0.3, -0.25) is 9.69 Å². The van der Waals surface area contributed by atoms with E-state index in [4.69, 9.17) is 10.5 Å². The van der Waals surface area contributed by atoms with Gasteiger partial charge in [0.2, 0.25) is 5.91 Å². The minimum Gasteiger partial charge on any atom is -0.380 e. The number of hydrogen-bond acceptors (Lipinski definition) is 4. The van der Waals surface area contributed by atoms with Gasteiger partial charge in [0.15, 0.2) is 0 Å². The van der Waals surface area contributed by atoms with E-state index in [9.17, 15) is 4.79 Å². The van der Waals surface area contributed by atoms with Crippen LogP contribution in [0.2, 0.25) is 0 Å². The summed E-state index contributed by atoms with van der Waals surface area (Å²) in [7, 11) is 0. The third kappa shape index (κ3) is 3.02. The Morgan fingerprint density at radius 2 is 2.22 bits per heavy atom. The van der Waals surface area contributed by atoms with E-state index in [2.05, 4.69) is 10.2 Å². The van der Waals surface area contributed by atoms with Crippen molar-refractivity contribution in [1.82, 2.24) is 10.2 Å². The Hall–Kier alpha value is -0.650. The number of primary amides is 1. The van der Waals surface area contributed by atoms with Crippen molar-refractivity contribution in [3.05, 3.63) is 0 Å². The molecule has 1 aliphatic heterocycles. The van der Waals surface area contributed by atoms with Crippen LogP contribution >= 0.6 is 0 Å². The molecule has 18 heavy (non-hydrogen) atoms. The molecule has 1 heterocycles. The molecule has 0 aromatic carbocycles.